The molecule has 1 N–H and O–H groups in total. The van der Waals surface area contributed by atoms with Crippen molar-refractivity contribution in [3.8, 4) is 0 Å². The van der Waals surface area contributed by atoms with E-state index in [0.29, 0.717) is 6.54 Å². The number of carbonyl (C=O) groups excluding carboxylic acids is 1. The molecule has 2 rings (SSSR count). The van der Waals surface area contributed by atoms with E-state index in [9.17, 15) is 4.79 Å². The molecule has 1 atom stereocenters. The zero-order valence-corrected chi connectivity index (χ0v) is 17.0. The predicted molar refractivity (Wildman–Crippen MR) is 107 cm³/mol. The van der Waals surface area contributed by atoms with Crippen LogP contribution in [0.5, 0.6) is 0 Å². The number of nitrogens with one attached hydrogen (secondary N) is 1. The van der Waals surface area contributed by atoms with Crippen LogP contribution in [-0.2, 0) is 4.79 Å². The average Bonchev–Trinajstić information content (AvgIpc) is 2.59. The Balaban J connectivity index is 1.63. The lowest BCUT2D eigenvalue weighted by molar-refractivity contribution is -0.123. The van der Waals surface area contributed by atoms with Gasteiger partial charge in [0.25, 0.3) is 0 Å². The first-order valence-electron chi connectivity index (χ1n) is 9.42. The Labute approximate surface area is 157 Å². The molecule has 0 aromatic heterocycles. The lowest BCUT2D eigenvalue weighted by Gasteiger charge is -2.34. The first-order valence-corrected chi connectivity index (χ1v) is 10.4. The van der Waals surface area contributed by atoms with Gasteiger partial charge in [-0.2, -0.15) is 0 Å². The summed E-state index contributed by atoms with van der Waals surface area (Å²) in [7, 11) is 0. The second-order valence-corrected chi connectivity index (χ2v) is 8.26. The van der Waals surface area contributed by atoms with Gasteiger partial charge in [-0.1, -0.05) is 13.0 Å². The zero-order valence-electron chi connectivity index (χ0n) is 16.2. The Morgan fingerprint density at radius 2 is 1.84 bits per heavy atom. The fraction of sp³-hybridized carbons (Fsp3) is 0.650. The molecule has 1 aliphatic rings. The number of hydrogen-bond acceptors (Lipinski definition) is 4. The first kappa shape index (κ1) is 20.3. The number of piperazine rings is 1. The predicted octanol–water partition coefficient (Wildman–Crippen LogP) is 2.93. The minimum absolute atomic E-state index is 0.160. The monoisotopic (exact) mass is 363 g/mol. The standard InChI is InChI=1S/C20H33N3OS/c1-5-18(4)21-20(24)15-23-10-8-22(9-11-23)12-13-25-19-7-6-16(2)17(3)14-19/h6-7,14,18H,5,8-13,15H2,1-4H3,(H,21,24). The van der Waals surface area contributed by atoms with Gasteiger partial charge in [0.15, 0.2) is 0 Å². The third-order valence-electron chi connectivity index (χ3n) is 5.01. The molecule has 1 aromatic rings. The van der Waals surface area contributed by atoms with Crippen LogP contribution in [0, 0.1) is 13.8 Å². The largest absolute Gasteiger partial charge is 0.353 e. The molecule has 0 spiro atoms. The molecule has 5 heteroatoms. The first-order chi connectivity index (χ1) is 12.0. The highest BCUT2D eigenvalue weighted by molar-refractivity contribution is 7.99. The zero-order chi connectivity index (χ0) is 18.2. The Morgan fingerprint density at radius 1 is 1.16 bits per heavy atom. The Bertz CT molecular complexity index is 556. The number of nitrogens with zero attached hydrogens (tertiary/aromatic N) is 2. The Morgan fingerprint density at radius 3 is 2.48 bits per heavy atom. The van der Waals surface area contributed by atoms with Gasteiger partial charge in [0.2, 0.25) is 5.91 Å². The highest BCUT2D eigenvalue weighted by Gasteiger charge is 2.19. The fourth-order valence-corrected chi connectivity index (χ4v) is 3.90. The summed E-state index contributed by atoms with van der Waals surface area (Å²) in [5.41, 5.74) is 2.73. The molecule has 0 saturated carbocycles. The smallest absolute Gasteiger partial charge is 0.234 e. The highest BCUT2D eigenvalue weighted by atomic mass is 32.2. The maximum atomic E-state index is 12.0. The molecule has 1 heterocycles. The van der Waals surface area contributed by atoms with E-state index in [1.807, 2.05) is 11.8 Å². The molecule has 1 amide bonds. The lowest BCUT2D eigenvalue weighted by atomic mass is 10.1. The van der Waals surface area contributed by atoms with Crippen molar-refractivity contribution >= 4 is 17.7 Å². The van der Waals surface area contributed by atoms with Crippen molar-refractivity contribution in [1.29, 1.82) is 0 Å². The van der Waals surface area contributed by atoms with Crippen LogP contribution in [0.4, 0.5) is 0 Å². The van der Waals surface area contributed by atoms with Gasteiger partial charge < -0.3 is 5.32 Å². The summed E-state index contributed by atoms with van der Waals surface area (Å²) in [6.45, 7) is 14.2. The number of thioether (sulfide) groups is 1. The van der Waals surface area contributed by atoms with Crippen molar-refractivity contribution in [1.82, 2.24) is 15.1 Å². The van der Waals surface area contributed by atoms with Gasteiger partial charge in [-0.3, -0.25) is 14.6 Å². The van der Waals surface area contributed by atoms with Crippen molar-refractivity contribution in [3.05, 3.63) is 29.3 Å². The molecule has 0 aliphatic carbocycles. The maximum absolute atomic E-state index is 12.0. The van der Waals surface area contributed by atoms with Crippen LogP contribution >= 0.6 is 11.8 Å². The molecule has 1 saturated heterocycles. The summed E-state index contributed by atoms with van der Waals surface area (Å²) in [6, 6.07) is 6.99. The molecule has 1 unspecified atom stereocenters. The lowest BCUT2D eigenvalue weighted by Crippen LogP contribution is -2.50. The molecule has 25 heavy (non-hydrogen) atoms. The SMILES string of the molecule is CCC(C)NC(=O)CN1CCN(CCSc2ccc(C)c(C)c2)CC1. The summed E-state index contributed by atoms with van der Waals surface area (Å²) in [6.07, 6.45) is 0.984. The summed E-state index contributed by atoms with van der Waals surface area (Å²) in [4.78, 5) is 18.1. The van der Waals surface area contributed by atoms with Crippen LogP contribution < -0.4 is 5.32 Å². The Hall–Kier alpha value is -1.04. The van der Waals surface area contributed by atoms with Crippen molar-refractivity contribution in [2.45, 2.75) is 45.1 Å². The summed E-state index contributed by atoms with van der Waals surface area (Å²) in [5.74, 6) is 1.28. The van der Waals surface area contributed by atoms with E-state index in [-0.39, 0.29) is 11.9 Å². The third kappa shape index (κ3) is 7.00. The summed E-state index contributed by atoms with van der Waals surface area (Å²) >= 11 is 1.94. The quantitative estimate of drug-likeness (QED) is 0.721. The minimum Gasteiger partial charge on any atom is -0.353 e. The van der Waals surface area contributed by atoms with E-state index in [0.717, 1.165) is 44.9 Å². The van der Waals surface area contributed by atoms with E-state index in [2.05, 4.69) is 61.0 Å². The van der Waals surface area contributed by atoms with E-state index < -0.39 is 0 Å². The number of carbonyl (C=O) groups is 1. The van der Waals surface area contributed by atoms with Gasteiger partial charge in [0.1, 0.15) is 0 Å². The normalized spacial score (nSPS) is 17.4. The molecule has 0 radical (unpaired) electrons. The van der Waals surface area contributed by atoms with Crippen LogP contribution in [0.2, 0.25) is 0 Å². The number of benzene rings is 1. The van der Waals surface area contributed by atoms with Gasteiger partial charge in [0.05, 0.1) is 6.54 Å². The summed E-state index contributed by atoms with van der Waals surface area (Å²) in [5, 5.41) is 3.05. The molecular weight excluding hydrogens is 330 g/mol. The maximum Gasteiger partial charge on any atom is 0.234 e. The molecule has 140 valence electrons. The van der Waals surface area contributed by atoms with Crippen LogP contribution in [0.25, 0.3) is 0 Å². The number of rotatable bonds is 8. The van der Waals surface area contributed by atoms with Crippen molar-refractivity contribution in [3.63, 3.8) is 0 Å². The van der Waals surface area contributed by atoms with Crippen molar-refractivity contribution in [2.75, 3.05) is 45.0 Å². The Kier molecular flexibility index (Phi) is 8.27. The average molecular weight is 364 g/mol. The highest BCUT2D eigenvalue weighted by Crippen LogP contribution is 2.21. The molecule has 0 bridgehead atoms. The number of aryl methyl sites for hydroxylation is 2. The van der Waals surface area contributed by atoms with E-state index >= 15 is 0 Å². The van der Waals surface area contributed by atoms with Gasteiger partial charge >= 0.3 is 0 Å². The molecule has 1 fully saturated rings. The van der Waals surface area contributed by atoms with E-state index in [1.54, 1.807) is 0 Å². The van der Waals surface area contributed by atoms with Gasteiger partial charge in [-0.25, -0.2) is 0 Å². The fourth-order valence-electron chi connectivity index (χ4n) is 2.89. The van der Waals surface area contributed by atoms with E-state index in [4.69, 9.17) is 0 Å². The minimum atomic E-state index is 0.160. The molecular formula is C20H33N3OS. The topological polar surface area (TPSA) is 35.6 Å². The van der Waals surface area contributed by atoms with Gasteiger partial charge in [0, 0.05) is 49.4 Å². The van der Waals surface area contributed by atoms with Crippen LogP contribution in [0.1, 0.15) is 31.4 Å². The second-order valence-electron chi connectivity index (χ2n) is 7.09. The van der Waals surface area contributed by atoms with Gasteiger partial charge in [-0.05, 0) is 50.5 Å². The van der Waals surface area contributed by atoms with Crippen molar-refractivity contribution < 1.29 is 4.79 Å². The molecule has 1 aromatic carbocycles. The number of amides is 1. The molecule has 1 aliphatic heterocycles. The van der Waals surface area contributed by atoms with Crippen LogP contribution in [0.15, 0.2) is 23.1 Å². The second kappa shape index (κ2) is 10.2. The van der Waals surface area contributed by atoms with Gasteiger partial charge in [-0.15, -0.1) is 11.8 Å². The number of hydrogen-bond donors (Lipinski definition) is 1. The summed E-state index contributed by atoms with van der Waals surface area (Å²) < 4.78 is 0. The molecule has 4 nitrogen and oxygen atoms in total. The van der Waals surface area contributed by atoms with Crippen LogP contribution in [-0.4, -0.2) is 66.8 Å². The van der Waals surface area contributed by atoms with Crippen molar-refractivity contribution in [2.24, 2.45) is 0 Å². The third-order valence-corrected chi connectivity index (χ3v) is 5.98. The van der Waals surface area contributed by atoms with E-state index in [1.165, 1.54) is 16.0 Å². The van der Waals surface area contributed by atoms with Crippen LogP contribution in [0.3, 0.4) is 0 Å².